The van der Waals surface area contributed by atoms with Crippen LogP contribution in [0.15, 0.2) is 30.4 Å². The van der Waals surface area contributed by atoms with Gasteiger partial charge in [0.25, 0.3) is 0 Å². The van der Waals surface area contributed by atoms with E-state index in [2.05, 4.69) is 6.08 Å². The van der Waals surface area contributed by atoms with Gasteiger partial charge >= 0.3 is 5.97 Å². The predicted octanol–water partition coefficient (Wildman–Crippen LogP) is 2.73. The molecule has 4 nitrogen and oxygen atoms in total. The molecule has 0 aromatic heterocycles. The standard InChI is InChI=1S/C14H14O4/c15-13(16)10-4-5-12-11(8-10)9-17-14(18-12)6-2-1-3-7-14/h2,4-6,8H,1,3,7,9H2,(H,15,16). The van der Waals surface area contributed by atoms with Crippen LogP contribution in [0.4, 0.5) is 0 Å². The first-order valence-electron chi connectivity index (χ1n) is 6.05. The van der Waals surface area contributed by atoms with Crippen LogP contribution in [0.3, 0.4) is 0 Å². The molecule has 0 saturated carbocycles. The summed E-state index contributed by atoms with van der Waals surface area (Å²) in [5.41, 5.74) is 1.05. The van der Waals surface area contributed by atoms with E-state index in [1.54, 1.807) is 18.2 Å². The zero-order chi connectivity index (χ0) is 12.6. The molecule has 1 N–H and O–H groups in total. The van der Waals surface area contributed by atoms with Gasteiger partial charge in [-0.25, -0.2) is 4.79 Å². The molecule has 0 radical (unpaired) electrons. The van der Waals surface area contributed by atoms with E-state index in [4.69, 9.17) is 14.6 Å². The Morgan fingerprint density at radius 2 is 2.28 bits per heavy atom. The van der Waals surface area contributed by atoms with Crippen LogP contribution in [0.25, 0.3) is 0 Å². The molecule has 0 bridgehead atoms. The number of fused-ring (bicyclic) bond motifs is 1. The highest BCUT2D eigenvalue weighted by molar-refractivity contribution is 5.88. The summed E-state index contributed by atoms with van der Waals surface area (Å²) in [5.74, 6) is -0.857. The summed E-state index contributed by atoms with van der Waals surface area (Å²) in [4.78, 5) is 10.9. The topological polar surface area (TPSA) is 55.8 Å². The van der Waals surface area contributed by atoms with E-state index in [1.807, 2.05) is 6.08 Å². The zero-order valence-electron chi connectivity index (χ0n) is 9.89. The normalized spacial score (nSPS) is 25.6. The Bertz CT molecular complexity index is 521. The van der Waals surface area contributed by atoms with Gasteiger partial charge in [-0.1, -0.05) is 6.08 Å². The van der Waals surface area contributed by atoms with E-state index in [9.17, 15) is 4.79 Å². The highest BCUT2D eigenvalue weighted by Gasteiger charge is 2.36. The highest BCUT2D eigenvalue weighted by Crippen LogP contribution is 2.37. The summed E-state index contributed by atoms with van der Waals surface area (Å²) in [5, 5.41) is 8.94. The lowest BCUT2D eigenvalue weighted by Gasteiger charge is -2.38. The largest absolute Gasteiger partial charge is 0.478 e. The second kappa shape index (κ2) is 4.14. The van der Waals surface area contributed by atoms with E-state index >= 15 is 0 Å². The van der Waals surface area contributed by atoms with Gasteiger partial charge in [0.2, 0.25) is 5.79 Å². The molecule has 1 aromatic carbocycles. The third kappa shape index (κ3) is 1.88. The maximum absolute atomic E-state index is 10.9. The Hall–Kier alpha value is -1.81. The molecule has 1 unspecified atom stereocenters. The summed E-state index contributed by atoms with van der Waals surface area (Å²) >= 11 is 0. The van der Waals surface area contributed by atoms with E-state index in [0.29, 0.717) is 6.61 Å². The number of ether oxygens (including phenoxy) is 2. The Labute approximate surface area is 105 Å². The first-order chi connectivity index (χ1) is 8.69. The van der Waals surface area contributed by atoms with E-state index in [1.165, 1.54) is 0 Å². The molecule has 0 saturated heterocycles. The van der Waals surface area contributed by atoms with E-state index in [-0.39, 0.29) is 5.56 Å². The number of allylic oxidation sites excluding steroid dienone is 1. The molecule has 18 heavy (non-hydrogen) atoms. The van der Waals surface area contributed by atoms with Gasteiger partial charge < -0.3 is 14.6 Å². The molecule has 2 aliphatic rings. The van der Waals surface area contributed by atoms with Crippen LogP contribution < -0.4 is 4.74 Å². The Morgan fingerprint density at radius 1 is 1.39 bits per heavy atom. The van der Waals surface area contributed by atoms with Gasteiger partial charge in [-0.15, -0.1) is 0 Å². The number of hydrogen-bond acceptors (Lipinski definition) is 3. The number of benzene rings is 1. The van der Waals surface area contributed by atoms with Gasteiger partial charge in [0.05, 0.1) is 12.2 Å². The summed E-state index contributed by atoms with van der Waals surface area (Å²) in [6, 6.07) is 4.88. The van der Waals surface area contributed by atoms with Crippen molar-refractivity contribution in [2.45, 2.75) is 31.7 Å². The molecule has 1 aromatic rings. The van der Waals surface area contributed by atoms with Crippen molar-refractivity contribution in [3.05, 3.63) is 41.5 Å². The van der Waals surface area contributed by atoms with Crippen LogP contribution >= 0.6 is 0 Å². The smallest absolute Gasteiger partial charge is 0.335 e. The Balaban J connectivity index is 1.92. The lowest BCUT2D eigenvalue weighted by molar-refractivity contribution is -0.178. The van der Waals surface area contributed by atoms with Gasteiger partial charge in [-0.2, -0.15) is 0 Å². The van der Waals surface area contributed by atoms with Gasteiger partial charge in [-0.3, -0.25) is 0 Å². The lowest BCUT2D eigenvalue weighted by atomic mass is 9.99. The molecule has 94 valence electrons. The fourth-order valence-electron chi connectivity index (χ4n) is 2.36. The molecule has 0 amide bonds. The van der Waals surface area contributed by atoms with Crippen LogP contribution in [-0.4, -0.2) is 16.9 Å². The minimum Gasteiger partial charge on any atom is -0.478 e. The Kier molecular flexibility index (Phi) is 2.59. The first kappa shape index (κ1) is 11.3. The summed E-state index contributed by atoms with van der Waals surface area (Å²) < 4.78 is 11.7. The monoisotopic (exact) mass is 246 g/mol. The predicted molar refractivity (Wildman–Crippen MR) is 64.5 cm³/mol. The van der Waals surface area contributed by atoms with Gasteiger partial charge in [-0.05, 0) is 37.1 Å². The second-order valence-electron chi connectivity index (χ2n) is 4.62. The van der Waals surface area contributed by atoms with Crippen molar-refractivity contribution in [2.24, 2.45) is 0 Å². The van der Waals surface area contributed by atoms with Gasteiger partial charge in [0.1, 0.15) is 5.75 Å². The first-order valence-corrected chi connectivity index (χ1v) is 6.05. The minimum absolute atomic E-state index is 0.260. The van der Waals surface area contributed by atoms with Crippen molar-refractivity contribution in [2.75, 3.05) is 0 Å². The number of carbonyl (C=O) groups is 1. The highest BCUT2D eigenvalue weighted by atomic mass is 16.7. The molecule has 1 heterocycles. The summed E-state index contributed by atoms with van der Waals surface area (Å²) in [6.07, 6.45) is 6.96. The van der Waals surface area contributed by atoms with Crippen molar-refractivity contribution in [1.29, 1.82) is 0 Å². The zero-order valence-corrected chi connectivity index (χ0v) is 9.89. The average molecular weight is 246 g/mol. The SMILES string of the molecule is O=C(O)c1ccc2c(c1)COC1(C=CCCC1)O2. The molecule has 1 spiro atoms. The van der Waals surface area contributed by atoms with Crippen molar-refractivity contribution in [3.63, 3.8) is 0 Å². The Morgan fingerprint density at radius 3 is 3.00 bits per heavy atom. The molecular formula is C14H14O4. The van der Waals surface area contributed by atoms with Crippen molar-refractivity contribution in [3.8, 4) is 5.75 Å². The molecule has 1 aliphatic carbocycles. The van der Waals surface area contributed by atoms with Crippen LogP contribution in [0, 0.1) is 0 Å². The maximum Gasteiger partial charge on any atom is 0.335 e. The van der Waals surface area contributed by atoms with Crippen molar-refractivity contribution in [1.82, 2.24) is 0 Å². The molecule has 0 fully saturated rings. The van der Waals surface area contributed by atoms with Crippen LogP contribution in [-0.2, 0) is 11.3 Å². The fraction of sp³-hybridized carbons (Fsp3) is 0.357. The number of carboxylic acids is 1. The molecule has 4 heteroatoms. The van der Waals surface area contributed by atoms with E-state index in [0.717, 1.165) is 30.6 Å². The van der Waals surface area contributed by atoms with Crippen LogP contribution in [0.1, 0.15) is 35.2 Å². The van der Waals surface area contributed by atoms with Gasteiger partial charge in [0, 0.05) is 12.0 Å². The van der Waals surface area contributed by atoms with Crippen LogP contribution in [0.2, 0.25) is 0 Å². The van der Waals surface area contributed by atoms with Crippen molar-refractivity contribution >= 4 is 5.97 Å². The minimum atomic E-state index is -0.935. The number of carboxylic acid groups (broad SMARTS) is 1. The third-order valence-electron chi connectivity index (χ3n) is 3.33. The molecular weight excluding hydrogens is 232 g/mol. The third-order valence-corrected chi connectivity index (χ3v) is 3.33. The average Bonchev–Trinajstić information content (AvgIpc) is 2.39. The molecule has 1 atom stereocenters. The number of aromatic carboxylic acids is 1. The summed E-state index contributed by atoms with van der Waals surface area (Å²) in [6.45, 7) is 0.390. The number of rotatable bonds is 1. The van der Waals surface area contributed by atoms with Crippen LogP contribution in [0.5, 0.6) is 5.75 Å². The summed E-state index contributed by atoms with van der Waals surface area (Å²) in [7, 11) is 0. The van der Waals surface area contributed by atoms with Gasteiger partial charge in [0.15, 0.2) is 0 Å². The lowest BCUT2D eigenvalue weighted by Crippen LogP contribution is -2.41. The molecule has 3 rings (SSSR count). The fourth-order valence-corrected chi connectivity index (χ4v) is 2.36. The maximum atomic E-state index is 10.9. The molecule has 1 aliphatic heterocycles. The second-order valence-corrected chi connectivity index (χ2v) is 4.62. The van der Waals surface area contributed by atoms with E-state index < -0.39 is 11.8 Å². The number of hydrogen-bond donors (Lipinski definition) is 1. The van der Waals surface area contributed by atoms with Crippen molar-refractivity contribution < 1.29 is 19.4 Å². The quantitative estimate of drug-likeness (QED) is 0.774.